The topological polar surface area (TPSA) is 38.3 Å². The summed E-state index contributed by atoms with van der Waals surface area (Å²) < 4.78 is 4.82. The Hall–Kier alpha value is -0.220. The van der Waals surface area contributed by atoms with Crippen LogP contribution in [-0.2, 0) is 9.53 Å². The first-order valence-electron chi connectivity index (χ1n) is 6.00. The Balaban J connectivity index is 2.33. The standard InChI is InChI=1S/C12H23NO2S/c1-8(2)9(3)16-7-11(12(14)15-4)13-10-5-6-10/h8-11,13H,5-7H2,1-4H3. The molecule has 16 heavy (non-hydrogen) atoms. The zero-order valence-corrected chi connectivity index (χ0v) is 11.5. The SMILES string of the molecule is COC(=O)C(CSC(C)C(C)C)NC1CC1. The third kappa shape index (κ3) is 4.74. The quantitative estimate of drug-likeness (QED) is 0.697. The molecule has 1 saturated carbocycles. The number of methoxy groups -OCH3 is 1. The van der Waals surface area contributed by atoms with Crippen LogP contribution in [0.1, 0.15) is 33.6 Å². The monoisotopic (exact) mass is 245 g/mol. The molecule has 1 N–H and O–H groups in total. The van der Waals surface area contributed by atoms with Gasteiger partial charge in [-0.3, -0.25) is 4.79 Å². The molecule has 2 atom stereocenters. The first-order chi connectivity index (χ1) is 7.54. The molecule has 0 radical (unpaired) electrons. The van der Waals surface area contributed by atoms with Gasteiger partial charge < -0.3 is 10.1 Å². The molecule has 2 unspecified atom stereocenters. The molecule has 1 aliphatic rings. The van der Waals surface area contributed by atoms with Gasteiger partial charge in [0.2, 0.25) is 0 Å². The lowest BCUT2D eigenvalue weighted by Gasteiger charge is -2.20. The lowest BCUT2D eigenvalue weighted by atomic mass is 10.2. The number of hydrogen-bond donors (Lipinski definition) is 1. The van der Waals surface area contributed by atoms with Gasteiger partial charge in [0.25, 0.3) is 0 Å². The van der Waals surface area contributed by atoms with Gasteiger partial charge in [0.1, 0.15) is 6.04 Å². The Labute approximate surface area is 103 Å². The molecule has 0 aromatic heterocycles. The minimum atomic E-state index is -0.135. The predicted molar refractivity (Wildman–Crippen MR) is 68.7 cm³/mol. The average Bonchev–Trinajstić information content (AvgIpc) is 3.06. The van der Waals surface area contributed by atoms with Crippen molar-refractivity contribution in [2.45, 2.75) is 50.9 Å². The van der Waals surface area contributed by atoms with Gasteiger partial charge in [-0.05, 0) is 18.8 Å². The Morgan fingerprint density at radius 1 is 1.44 bits per heavy atom. The van der Waals surface area contributed by atoms with Crippen molar-refractivity contribution in [1.29, 1.82) is 0 Å². The number of ether oxygens (including phenoxy) is 1. The van der Waals surface area contributed by atoms with E-state index in [1.165, 1.54) is 20.0 Å². The lowest BCUT2D eigenvalue weighted by molar-refractivity contribution is -0.142. The van der Waals surface area contributed by atoms with Crippen molar-refractivity contribution in [2.75, 3.05) is 12.9 Å². The van der Waals surface area contributed by atoms with Crippen LogP contribution in [0.2, 0.25) is 0 Å². The Morgan fingerprint density at radius 3 is 2.50 bits per heavy atom. The van der Waals surface area contributed by atoms with E-state index in [0.29, 0.717) is 17.2 Å². The van der Waals surface area contributed by atoms with E-state index in [9.17, 15) is 4.79 Å². The van der Waals surface area contributed by atoms with Crippen LogP contribution in [0.15, 0.2) is 0 Å². The fourth-order valence-corrected chi connectivity index (χ4v) is 2.41. The molecule has 1 rings (SSSR count). The Bertz CT molecular complexity index is 229. The minimum absolute atomic E-state index is 0.129. The molecule has 0 aromatic carbocycles. The summed E-state index contributed by atoms with van der Waals surface area (Å²) in [6.07, 6.45) is 2.38. The summed E-state index contributed by atoms with van der Waals surface area (Å²) in [5.41, 5.74) is 0. The molecule has 3 nitrogen and oxygen atoms in total. The van der Waals surface area contributed by atoms with E-state index in [0.717, 1.165) is 5.75 Å². The largest absolute Gasteiger partial charge is 0.468 e. The maximum Gasteiger partial charge on any atom is 0.323 e. The van der Waals surface area contributed by atoms with Gasteiger partial charge in [-0.25, -0.2) is 0 Å². The fraction of sp³-hybridized carbons (Fsp3) is 0.917. The highest BCUT2D eigenvalue weighted by molar-refractivity contribution is 7.99. The van der Waals surface area contributed by atoms with E-state index in [4.69, 9.17) is 4.74 Å². The molecule has 0 aliphatic heterocycles. The van der Waals surface area contributed by atoms with E-state index in [2.05, 4.69) is 26.1 Å². The van der Waals surface area contributed by atoms with E-state index in [-0.39, 0.29) is 12.0 Å². The van der Waals surface area contributed by atoms with Crippen LogP contribution in [-0.4, -0.2) is 36.2 Å². The number of thioether (sulfide) groups is 1. The molecule has 4 heteroatoms. The average molecular weight is 245 g/mol. The van der Waals surface area contributed by atoms with Crippen molar-refractivity contribution < 1.29 is 9.53 Å². The van der Waals surface area contributed by atoms with Gasteiger partial charge >= 0.3 is 5.97 Å². The molecular weight excluding hydrogens is 222 g/mol. The highest BCUT2D eigenvalue weighted by Gasteiger charge is 2.29. The number of carbonyl (C=O) groups excluding carboxylic acids is 1. The molecule has 94 valence electrons. The van der Waals surface area contributed by atoms with E-state index < -0.39 is 0 Å². The van der Waals surface area contributed by atoms with Crippen LogP contribution in [0, 0.1) is 5.92 Å². The van der Waals surface area contributed by atoms with Crippen LogP contribution in [0.4, 0.5) is 0 Å². The summed E-state index contributed by atoms with van der Waals surface area (Å²) in [6.45, 7) is 6.62. The lowest BCUT2D eigenvalue weighted by Crippen LogP contribution is -2.41. The van der Waals surface area contributed by atoms with E-state index in [1.54, 1.807) is 0 Å². The summed E-state index contributed by atoms with van der Waals surface area (Å²) in [5.74, 6) is 1.32. The number of esters is 1. The first-order valence-corrected chi connectivity index (χ1v) is 7.05. The van der Waals surface area contributed by atoms with Crippen molar-refractivity contribution in [2.24, 2.45) is 5.92 Å². The van der Waals surface area contributed by atoms with Crippen molar-refractivity contribution in [3.05, 3.63) is 0 Å². The van der Waals surface area contributed by atoms with Crippen LogP contribution in [0.5, 0.6) is 0 Å². The van der Waals surface area contributed by atoms with Crippen LogP contribution >= 0.6 is 11.8 Å². The first kappa shape index (κ1) is 13.8. The minimum Gasteiger partial charge on any atom is -0.468 e. The summed E-state index contributed by atoms with van der Waals surface area (Å²) in [6, 6.07) is 0.405. The Morgan fingerprint density at radius 2 is 2.06 bits per heavy atom. The van der Waals surface area contributed by atoms with Crippen LogP contribution in [0.3, 0.4) is 0 Å². The highest BCUT2D eigenvalue weighted by Crippen LogP contribution is 2.23. The zero-order chi connectivity index (χ0) is 12.1. The Kier molecular flexibility index (Phi) is 5.62. The van der Waals surface area contributed by atoms with Gasteiger partial charge in [0, 0.05) is 17.0 Å². The van der Waals surface area contributed by atoms with Crippen molar-refractivity contribution in [3.63, 3.8) is 0 Å². The molecule has 0 saturated heterocycles. The van der Waals surface area contributed by atoms with Gasteiger partial charge in [-0.2, -0.15) is 11.8 Å². The molecule has 0 amide bonds. The van der Waals surface area contributed by atoms with Crippen molar-refractivity contribution in [1.82, 2.24) is 5.32 Å². The molecule has 1 fully saturated rings. The number of carbonyl (C=O) groups is 1. The van der Waals surface area contributed by atoms with Crippen LogP contribution in [0.25, 0.3) is 0 Å². The van der Waals surface area contributed by atoms with E-state index in [1.807, 2.05) is 11.8 Å². The number of hydrogen-bond acceptors (Lipinski definition) is 4. The second-order valence-corrected chi connectivity index (χ2v) is 6.21. The van der Waals surface area contributed by atoms with Crippen molar-refractivity contribution in [3.8, 4) is 0 Å². The maximum absolute atomic E-state index is 11.6. The zero-order valence-electron chi connectivity index (χ0n) is 10.7. The molecule has 1 aliphatic carbocycles. The van der Waals surface area contributed by atoms with Crippen LogP contribution < -0.4 is 5.32 Å². The summed E-state index contributed by atoms with van der Waals surface area (Å²) in [7, 11) is 1.46. The van der Waals surface area contributed by atoms with Gasteiger partial charge in [0.05, 0.1) is 7.11 Å². The maximum atomic E-state index is 11.6. The van der Waals surface area contributed by atoms with E-state index >= 15 is 0 Å². The number of rotatable bonds is 7. The van der Waals surface area contributed by atoms with Gasteiger partial charge in [-0.1, -0.05) is 20.8 Å². The van der Waals surface area contributed by atoms with Gasteiger partial charge in [0.15, 0.2) is 0 Å². The molecular formula is C12H23NO2S. The molecule has 0 aromatic rings. The number of nitrogens with one attached hydrogen (secondary N) is 1. The highest BCUT2D eigenvalue weighted by atomic mass is 32.2. The molecule has 0 spiro atoms. The third-order valence-corrected chi connectivity index (χ3v) is 4.56. The fourth-order valence-electron chi connectivity index (χ4n) is 1.30. The summed E-state index contributed by atoms with van der Waals surface area (Å²) >= 11 is 1.84. The molecule has 0 heterocycles. The molecule has 0 bridgehead atoms. The summed E-state index contributed by atoms with van der Waals surface area (Å²) in [4.78, 5) is 11.6. The summed E-state index contributed by atoms with van der Waals surface area (Å²) in [5, 5.41) is 3.92. The second-order valence-electron chi connectivity index (χ2n) is 4.80. The van der Waals surface area contributed by atoms with Crippen molar-refractivity contribution >= 4 is 17.7 Å². The second kappa shape index (κ2) is 6.50. The predicted octanol–water partition coefficient (Wildman–Crippen LogP) is 2.06. The smallest absolute Gasteiger partial charge is 0.323 e. The van der Waals surface area contributed by atoms with Gasteiger partial charge in [-0.15, -0.1) is 0 Å². The third-order valence-electron chi connectivity index (χ3n) is 2.96. The normalized spacial score (nSPS) is 19.6.